The molecule has 0 aromatic heterocycles. The van der Waals surface area contributed by atoms with Crippen molar-refractivity contribution in [1.82, 2.24) is 0 Å². The van der Waals surface area contributed by atoms with Crippen molar-refractivity contribution in [3.63, 3.8) is 0 Å². The van der Waals surface area contributed by atoms with Crippen LogP contribution in [-0.4, -0.2) is 70.7 Å². The van der Waals surface area contributed by atoms with E-state index in [1.54, 1.807) is 0 Å². The molecule has 0 spiro atoms. The van der Waals surface area contributed by atoms with E-state index in [1.165, 1.54) is 32.1 Å². The van der Waals surface area contributed by atoms with Gasteiger partial charge in [-0.05, 0) is 77.0 Å². The standard InChI is InChI=1S/C43H78NO7P/c1-6-8-10-12-14-16-18-20-22-23-24-26-28-30-32-34-36-43(45)51-42(41-50-52(46,47)49-39-37-44(3,4)5)40-48-38-35-33-31-29-27-25-21-19-17-15-13-11-9-7-2/h9,11,15-18,21-23,25,42H,6-8,10,12-14,19-20,24,26-41H2,1-5H3/b11-9-,17-15-,18-16-,23-22-,25-21-. The van der Waals surface area contributed by atoms with E-state index in [0.29, 0.717) is 17.6 Å². The van der Waals surface area contributed by atoms with Crippen molar-refractivity contribution in [1.29, 1.82) is 0 Å². The van der Waals surface area contributed by atoms with Crippen molar-refractivity contribution in [3.05, 3.63) is 60.8 Å². The summed E-state index contributed by atoms with van der Waals surface area (Å²) >= 11 is 0. The molecule has 8 nitrogen and oxygen atoms in total. The van der Waals surface area contributed by atoms with Crippen LogP contribution in [0.15, 0.2) is 60.8 Å². The van der Waals surface area contributed by atoms with Gasteiger partial charge < -0.3 is 27.9 Å². The molecule has 9 heteroatoms. The first-order valence-corrected chi connectivity index (χ1v) is 22.0. The third kappa shape index (κ3) is 39.4. The lowest BCUT2D eigenvalue weighted by molar-refractivity contribution is -0.870. The number of unbranched alkanes of at least 4 members (excludes halogenated alkanes) is 13. The number of nitrogens with zero attached hydrogens (tertiary/aromatic N) is 1. The molecule has 302 valence electrons. The Morgan fingerprint density at radius 3 is 1.67 bits per heavy atom. The Kier molecular flexibility index (Phi) is 34.9. The second-order valence-corrected chi connectivity index (χ2v) is 16.0. The van der Waals surface area contributed by atoms with Crippen molar-refractivity contribution in [2.45, 2.75) is 155 Å². The average molecular weight is 752 g/mol. The molecular formula is C43H78NO7P. The molecular weight excluding hydrogens is 673 g/mol. The third-order valence-electron chi connectivity index (χ3n) is 8.30. The van der Waals surface area contributed by atoms with Gasteiger partial charge in [-0.3, -0.25) is 9.36 Å². The van der Waals surface area contributed by atoms with Crippen LogP contribution in [-0.2, 0) is 27.9 Å². The van der Waals surface area contributed by atoms with Crippen LogP contribution in [0.5, 0.6) is 0 Å². The van der Waals surface area contributed by atoms with Crippen molar-refractivity contribution in [3.8, 4) is 0 Å². The Hall–Kier alpha value is -1.80. The Morgan fingerprint density at radius 1 is 0.615 bits per heavy atom. The lowest BCUT2D eigenvalue weighted by atomic mass is 10.1. The fourth-order valence-corrected chi connectivity index (χ4v) is 5.85. The van der Waals surface area contributed by atoms with E-state index >= 15 is 0 Å². The van der Waals surface area contributed by atoms with Gasteiger partial charge in [0.05, 0.1) is 34.4 Å². The molecule has 2 atom stereocenters. The fourth-order valence-electron chi connectivity index (χ4n) is 5.12. The van der Waals surface area contributed by atoms with Gasteiger partial charge in [0.25, 0.3) is 7.82 Å². The van der Waals surface area contributed by atoms with E-state index < -0.39 is 13.9 Å². The molecule has 52 heavy (non-hydrogen) atoms. The summed E-state index contributed by atoms with van der Waals surface area (Å²) in [5.74, 6) is -0.359. The molecule has 0 aromatic rings. The van der Waals surface area contributed by atoms with Crippen LogP contribution >= 0.6 is 7.82 Å². The van der Waals surface area contributed by atoms with Crippen molar-refractivity contribution in [2.75, 3.05) is 54.1 Å². The average Bonchev–Trinajstić information content (AvgIpc) is 3.09. The largest absolute Gasteiger partial charge is 0.756 e. The zero-order valence-corrected chi connectivity index (χ0v) is 34.9. The van der Waals surface area contributed by atoms with Crippen LogP contribution in [0.3, 0.4) is 0 Å². The minimum Gasteiger partial charge on any atom is -0.756 e. The van der Waals surface area contributed by atoms with E-state index in [2.05, 4.69) is 74.6 Å². The van der Waals surface area contributed by atoms with Crippen molar-refractivity contribution < 1.29 is 37.3 Å². The number of hydrogen-bond donors (Lipinski definition) is 0. The second kappa shape index (κ2) is 36.2. The summed E-state index contributed by atoms with van der Waals surface area (Å²) in [6.45, 7) is 5.18. The van der Waals surface area contributed by atoms with Gasteiger partial charge in [0.1, 0.15) is 19.3 Å². The lowest BCUT2D eigenvalue weighted by Gasteiger charge is -2.28. The summed E-state index contributed by atoms with van der Waals surface area (Å²) in [5.41, 5.74) is 0. The second-order valence-electron chi connectivity index (χ2n) is 14.6. The molecule has 0 rings (SSSR count). The van der Waals surface area contributed by atoms with Gasteiger partial charge in [0.2, 0.25) is 0 Å². The molecule has 0 radical (unpaired) electrons. The number of phosphoric ester groups is 1. The molecule has 0 amide bonds. The molecule has 0 saturated carbocycles. The zero-order chi connectivity index (χ0) is 38.4. The summed E-state index contributed by atoms with van der Waals surface area (Å²) in [4.78, 5) is 25.0. The first-order valence-electron chi connectivity index (χ1n) is 20.5. The highest BCUT2D eigenvalue weighted by Crippen LogP contribution is 2.38. The number of rotatable bonds is 37. The predicted octanol–water partition coefficient (Wildman–Crippen LogP) is 11.1. The molecule has 2 unspecified atom stereocenters. The number of carbonyl (C=O) groups is 1. The number of hydrogen-bond acceptors (Lipinski definition) is 7. The predicted molar refractivity (Wildman–Crippen MR) is 217 cm³/mol. The quantitative estimate of drug-likeness (QED) is 0.0205. The van der Waals surface area contributed by atoms with Gasteiger partial charge >= 0.3 is 5.97 Å². The van der Waals surface area contributed by atoms with Crippen LogP contribution in [0.2, 0.25) is 0 Å². The molecule has 0 saturated heterocycles. The molecule has 0 bridgehead atoms. The Morgan fingerprint density at radius 2 is 1.12 bits per heavy atom. The number of phosphoric acid groups is 1. The maximum Gasteiger partial charge on any atom is 0.306 e. The number of likely N-dealkylation sites (N-methyl/N-ethyl adjacent to an activating group) is 1. The van der Waals surface area contributed by atoms with Gasteiger partial charge in [0.15, 0.2) is 0 Å². The van der Waals surface area contributed by atoms with E-state index in [1.807, 2.05) is 21.1 Å². The number of allylic oxidation sites excluding steroid dienone is 10. The van der Waals surface area contributed by atoms with Gasteiger partial charge in [-0.25, -0.2) is 0 Å². The van der Waals surface area contributed by atoms with Gasteiger partial charge in [0, 0.05) is 13.0 Å². The topological polar surface area (TPSA) is 94.1 Å². The highest BCUT2D eigenvalue weighted by Gasteiger charge is 2.20. The number of esters is 1. The zero-order valence-electron chi connectivity index (χ0n) is 34.0. The molecule has 0 aliphatic heterocycles. The van der Waals surface area contributed by atoms with Crippen LogP contribution in [0, 0.1) is 0 Å². The summed E-state index contributed by atoms with van der Waals surface area (Å²) in [5, 5.41) is 0. The third-order valence-corrected chi connectivity index (χ3v) is 9.27. The first kappa shape index (κ1) is 50.2. The van der Waals surface area contributed by atoms with Crippen LogP contribution < -0.4 is 4.89 Å². The highest BCUT2D eigenvalue weighted by molar-refractivity contribution is 7.45. The van der Waals surface area contributed by atoms with Gasteiger partial charge in [-0.1, -0.05) is 126 Å². The van der Waals surface area contributed by atoms with Gasteiger partial charge in [-0.15, -0.1) is 0 Å². The van der Waals surface area contributed by atoms with Crippen molar-refractivity contribution in [2.24, 2.45) is 0 Å². The Labute approximate surface area is 320 Å². The minimum atomic E-state index is -4.53. The monoisotopic (exact) mass is 752 g/mol. The van der Waals surface area contributed by atoms with Gasteiger partial charge in [-0.2, -0.15) is 0 Å². The molecule has 0 heterocycles. The number of quaternary nitrogens is 1. The van der Waals surface area contributed by atoms with Crippen molar-refractivity contribution >= 4 is 13.8 Å². The first-order chi connectivity index (χ1) is 25.1. The highest BCUT2D eigenvalue weighted by atomic mass is 31.2. The summed E-state index contributed by atoms with van der Waals surface area (Å²) < 4.78 is 34.5. The summed E-state index contributed by atoms with van der Waals surface area (Å²) in [6, 6.07) is 0. The van der Waals surface area contributed by atoms with Crippen LogP contribution in [0.25, 0.3) is 0 Å². The number of ether oxygens (including phenoxy) is 2. The lowest BCUT2D eigenvalue weighted by Crippen LogP contribution is -2.37. The van der Waals surface area contributed by atoms with E-state index in [9.17, 15) is 14.3 Å². The SMILES string of the molecule is CC/C=C\C/C=C\C/C=C\CCCCCCOCC(COP(=O)([O-])OCC[N+](C)(C)C)OC(=O)CCCCCCC/C=C\C/C=C\CCCCCC. The Bertz CT molecular complexity index is 1020. The number of carbonyl (C=O) groups excluding carboxylic acids is 1. The maximum absolute atomic E-state index is 12.6. The van der Waals surface area contributed by atoms with E-state index in [-0.39, 0.29) is 32.2 Å². The normalized spacial score (nSPS) is 14.5. The minimum absolute atomic E-state index is 0.0158. The smallest absolute Gasteiger partial charge is 0.306 e. The molecule has 0 aliphatic rings. The molecule has 0 N–H and O–H groups in total. The van der Waals surface area contributed by atoms with Crippen LogP contribution in [0.1, 0.15) is 149 Å². The summed E-state index contributed by atoms with van der Waals surface area (Å²) in [6.07, 6.45) is 43.7. The van der Waals surface area contributed by atoms with Crippen LogP contribution in [0.4, 0.5) is 0 Å². The fraction of sp³-hybridized carbons (Fsp3) is 0.744. The molecule has 0 aliphatic carbocycles. The molecule has 0 aromatic carbocycles. The molecule has 0 fully saturated rings. The Balaban J connectivity index is 4.35. The summed E-state index contributed by atoms with van der Waals surface area (Å²) in [7, 11) is 1.32. The van der Waals surface area contributed by atoms with E-state index in [0.717, 1.165) is 96.3 Å². The van der Waals surface area contributed by atoms with E-state index in [4.69, 9.17) is 18.5 Å². The maximum atomic E-state index is 12.6.